The standard InChI is InChI=1S/C10H13F2NO3S/c1-17(15,16)9-5-3-2-4-8(9)13-6-10(11,12)7-14/h2-5,13-14H,6-7H2,1H3. The second-order valence-corrected chi connectivity index (χ2v) is 5.62. The predicted octanol–water partition coefficient (Wildman–Crippen LogP) is 1.13. The Morgan fingerprint density at radius 1 is 1.35 bits per heavy atom. The third-order valence-electron chi connectivity index (χ3n) is 2.06. The molecule has 0 atom stereocenters. The van der Waals surface area contributed by atoms with Gasteiger partial charge in [-0.15, -0.1) is 0 Å². The number of benzene rings is 1. The van der Waals surface area contributed by atoms with Gasteiger partial charge in [-0.25, -0.2) is 17.2 Å². The van der Waals surface area contributed by atoms with Crippen molar-refractivity contribution in [3.8, 4) is 0 Å². The van der Waals surface area contributed by atoms with E-state index in [0.717, 1.165) is 6.26 Å². The molecule has 0 saturated carbocycles. The van der Waals surface area contributed by atoms with Crippen LogP contribution in [0.5, 0.6) is 0 Å². The van der Waals surface area contributed by atoms with E-state index in [9.17, 15) is 17.2 Å². The lowest BCUT2D eigenvalue weighted by Gasteiger charge is -2.16. The van der Waals surface area contributed by atoms with Crippen molar-refractivity contribution in [1.29, 1.82) is 0 Å². The van der Waals surface area contributed by atoms with E-state index < -0.39 is 28.9 Å². The molecule has 0 bridgehead atoms. The SMILES string of the molecule is CS(=O)(=O)c1ccccc1NCC(F)(F)CO. The smallest absolute Gasteiger partial charge is 0.287 e. The van der Waals surface area contributed by atoms with Crippen LogP contribution in [0, 0.1) is 0 Å². The van der Waals surface area contributed by atoms with Crippen molar-refractivity contribution in [3.63, 3.8) is 0 Å². The molecule has 96 valence electrons. The van der Waals surface area contributed by atoms with Crippen molar-refractivity contribution in [2.24, 2.45) is 0 Å². The number of hydrogen-bond acceptors (Lipinski definition) is 4. The molecule has 4 nitrogen and oxygen atoms in total. The highest BCUT2D eigenvalue weighted by Crippen LogP contribution is 2.22. The molecular formula is C10H13F2NO3S. The predicted molar refractivity (Wildman–Crippen MR) is 60.1 cm³/mol. The van der Waals surface area contributed by atoms with E-state index in [1.807, 2.05) is 0 Å². The molecule has 0 amide bonds. The van der Waals surface area contributed by atoms with Crippen LogP contribution >= 0.6 is 0 Å². The van der Waals surface area contributed by atoms with Crippen LogP contribution in [0.3, 0.4) is 0 Å². The Labute approximate surface area is 98.2 Å². The summed E-state index contributed by atoms with van der Waals surface area (Å²) in [5.74, 6) is -3.29. The zero-order valence-electron chi connectivity index (χ0n) is 9.15. The maximum absolute atomic E-state index is 12.8. The Bertz CT molecular complexity index is 488. The van der Waals surface area contributed by atoms with Gasteiger partial charge in [0, 0.05) is 6.26 Å². The lowest BCUT2D eigenvalue weighted by molar-refractivity contribution is -0.0373. The summed E-state index contributed by atoms with van der Waals surface area (Å²) in [5.41, 5.74) is 0.100. The Balaban J connectivity index is 2.93. The number of rotatable bonds is 5. The number of alkyl halides is 2. The lowest BCUT2D eigenvalue weighted by Crippen LogP contribution is -2.31. The molecular weight excluding hydrogens is 252 g/mol. The van der Waals surface area contributed by atoms with Gasteiger partial charge in [-0.3, -0.25) is 0 Å². The number of aliphatic hydroxyl groups excluding tert-OH is 1. The van der Waals surface area contributed by atoms with Crippen molar-refractivity contribution >= 4 is 15.5 Å². The molecule has 1 aromatic carbocycles. The van der Waals surface area contributed by atoms with Crippen molar-refractivity contribution in [2.45, 2.75) is 10.8 Å². The fraction of sp³-hybridized carbons (Fsp3) is 0.400. The molecule has 0 saturated heterocycles. The van der Waals surface area contributed by atoms with Gasteiger partial charge in [0.25, 0.3) is 5.92 Å². The molecule has 0 unspecified atom stereocenters. The number of anilines is 1. The molecule has 0 radical (unpaired) electrons. The van der Waals surface area contributed by atoms with E-state index in [1.54, 1.807) is 0 Å². The largest absolute Gasteiger partial charge is 0.390 e. The third-order valence-corrected chi connectivity index (χ3v) is 3.21. The number of hydrogen-bond donors (Lipinski definition) is 2. The van der Waals surface area contributed by atoms with Gasteiger partial charge in [0.05, 0.1) is 17.1 Å². The van der Waals surface area contributed by atoms with Crippen molar-refractivity contribution in [1.82, 2.24) is 0 Å². The molecule has 0 aliphatic heterocycles. The molecule has 0 fully saturated rings. The van der Waals surface area contributed by atoms with Gasteiger partial charge in [-0.2, -0.15) is 0 Å². The summed E-state index contributed by atoms with van der Waals surface area (Å²) >= 11 is 0. The monoisotopic (exact) mass is 265 g/mol. The van der Waals surface area contributed by atoms with Gasteiger partial charge in [-0.1, -0.05) is 12.1 Å². The fourth-order valence-electron chi connectivity index (χ4n) is 1.22. The molecule has 17 heavy (non-hydrogen) atoms. The van der Waals surface area contributed by atoms with Crippen molar-refractivity contribution in [3.05, 3.63) is 24.3 Å². The number of aliphatic hydroxyl groups is 1. The maximum atomic E-state index is 12.8. The summed E-state index contributed by atoms with van der Waals surface area (Å²) in [4.78, 5) is -0.0475. The number of nitrogens with one attached hydrogen (secondary N) is 1. The molecule has 2 N–H and O–H groups in total. The van der Waals surface area contributed by atoms with E-state index in [0.29, 0.717) is 0 Å². The highest BCUT2D eigenvalue weighted by atomic mass is 32.2. The molecule has 0 aromatic heterocycles. The van der Waals surface area contributed by atoms with Crippen LogP contribution in [-0.2, 0) is 9.84 Å². The van der Waals surface area contributed by atoms with Crippen LogP contribution in [-0.4, -0.2) is 38.9 Å². The summed E-state index contributed by atoms with van der Waals surface area (Å²) < 4.78 is 48.4. The Hall–Kier alpha value is -1.21. The van der Waals surface area contributed by atoms with Crippen LogP contribution in [0.2, 0.25) is 0 Å². The average molecular weight is 265 g/mol. The molecule has 0 heterocycles. The van der Waals surface area contributed by atoms with Crippen LogP contribution in [0.4, 0.5) is 14.5 Å². The van der Waals surface area contributed by atoms with Gasteiger partial charge >= 0.3 is 0 Å². The summed E-state index contributed by atoms with van der Waals surface area (Å²) in [6.45, 7) is -2.11. The van der Waals surface area contributed by atoms with E-state index in [1.165, 1.54) is 24.3 Å². The van der Waals surface area contributed by atoms with Gasteiger partial charge in [0.1, 0.15) is 6.61 Å². The quantitative estimate of drug-likeness (QED) is 0.837. The van der Waals surface area contributed by atoms with Crippen LogP contribution in [0.15, 0.2) is 29.2 Å². The van der Waals surface area contributed by atoms with Gasteiger partial charge in [0.15, 0.2) is 9.84 Å². The number of sulfone groups is 1. The second kappa shape index (κ2) is 4.97. The van der Waals surface area contributed by atoms with Gasteiger partial charge in [-0.05, 0) is 12.1 Å². The van der Waals surface area contributed by atoms with Crippen molar-refractivity contribution < 1.29 is 22.3 Å². The normalized spacial score (nSPS) is 12.5. The number of halogens is 2. The van der Waals surface area contributed by atoms with E-state index in [4.69, 9.17) is 5.11 Å². The second-order valence-electron chi connectivity index (χ2n) is 3.64. The Morgan fingerprint density at radius 2 is 1.94 bits per heavy atom. The first-order valence-electron chi connectivity index (χ1n) is 4.78. The highest BCUT2D eigenvalue weighted by Gasteiger charge is 2.27. The van der Waals surface area contributed by atoms with Gasteiger partial charge < -0.3 is 10.4 Å². The Kier molecular flexibility index (Phi) is 4.05. The molecule has 1 aromatic rings. The average Bonchev–Trinajstić information content (AvgIpc) is 2.26. The minimum atomic E-state index is -3.48. The van der Waals surface area contributed by atoms with Gasteiger partial charge in [0.2, 0.25) is 0 Å². The third kappa shape index (κ3) is 3.94. The molecule has 0 spiro atoms. The molecule has 7 heteroatoms. The summed E-state index contributed by atoms with van der Waals surface area (Å²) in [5, 5.41) is 10.7. The minimum absolute atomic E-state index is 0.0475. The molecule has 0 aliphatic rings. The summed E-state index contributed by atoms with van der Waals surface area (Å²) in [6, 6.07) is 5.76. The Morgan fingerprint density at radius 3 is 2.47 bits per heavy atom. The number of para-hydroxylation sites is 1. The minimum Gasteiger partial charge on any atom is -0.390 e. The highest BCUT2D eigenvalue weighted by molar-refractivity contribution is 7.90. The first-order chi connectivity index (χ1) is 7.76. The van der Waals surface area contributed by atoms with E-state index >= 15 is 0 Å². The van der Waals surface area contributed by atoms with Crippen LogP contribution in [0.1, 0.15) is 0 Å². The zero-order chi connectivity index (χ0) is 13.1. The molecule has 1 rings (SSSR count). The first kappa shape index (κ1) is 13.9. The van der Waals surface area contributed by atoms with Crippen molar-refractivity contribution in [2.75, 3.05) is 24.7 Å². The van der Waals surface area contributed by atoms with Crippen LogP contribution < -0.4 is 5.32 Å². The zero-order valence-corrected chi connectivity index (χ0v) is 9.97. The lowest BCUT2D eigenvalue weighted by atomic mass is 10.3. The van der Waals surface area contributed by atoms with E-state index in [-0.39, 0.29) is 10.6 Å². The topological polar surface area (TPSA) is 66.4 Å². The fourth-order valence-corrected chi connectivity index (χ4v) is 2.08. The maximum Gasteiger partial charge on any atom is 0.287 e. The first-order valence-corrected chi connectivity index (χ1v) is 6.67. The van der Waals surface area contributed by atoms with E-state index in [2.05, 4.69) is 5.32 Å². The van der Waals surface area contributed by atoms with Crippen LogP contribution in [0.25, 0.3) is 0 Å². The molecule has 0 aliphatic carbocycles. The summed E-state index contributed by atoms with van der Waals surface area (Å²) in [6.07, 6.45) is 0.998. The summed E-state index contributed by atoms with van der Waals surface area (Å²) in [7, 11) is -3.48.